The molecule has 8 nitrogen and oxygen atoms in total. The number of hydrogen-bond acceptors (Lipinski definition) is 8. The number of rotatable bonds is 8. The molecule has 6 rings (SSSR count). The Kier molecular flexibility index (Phi) is 8.35. The summed E-state index contributed by atoms with van der Waals surface area (Å²) in [6.45, 7) is 7.26. The third-order valence-electron chi connectivity index (χ3n) is 8.07. The van der Waals surface area contributed by atoms with E-state index in [9.17, 15) is 18.4 Å². The summed E-state index contributed by atoms with van der Waals surface area (Å²) in [7, 11) is 0. The lowest BCUT2D eigenvalue weighted by molar-refractivity contribution is -0.154. The van der Waals surface area contributed by atoms with Gasteiger partial charge in [0.2, 0.25) is 11.5 Å². The van der Waals surface area contributed by atoms with Gasteiger partial charge in [-0.15, -0.1) is 0 Å². The summed E-state index contributed by atoms with van der Waals surface area (Å²) in [5.74, 6) is -1.59. The first-order valence-corrected chi connectivity index (χ1v) is 15.6. The molecule has 3 aliphatic rings. The third kappa shape index (κ3) is 6.49. The summed E-state index contributed by atoms with van der Waals surface area (Å²) in [6, 6.07) is 10.2. The second-order valence-corrected chi connectivity index (χ2v) is 13.3. The van der Waals surface area contributed by atoms with E-state index in [0.29, 0.717) is 46.8 Å². The van der Waals surface area contributed by atoms with Crippen molar-refractivity contribution in [3.05, 3.63) is 94.1 Å². The van der Waals surface area contributed by atoms with Crippen LogP contribution in [0, 0.1) is 17.6 Å². The number of carbonyl (C=O) groups is 2. The first-order valence-electron chi connectivity index (χ1n) is 15.2. The van der Waals surface area contributed by atoms with Crippen LogP contribution in [0.2, 0.25) is 0 Å². The number of aromatic nitrogens is 1. The molecule has 0 amide bonds. The highest BCUT2D eigenvalue weighted by molar-refractivity contribution is 6.33. The van der Waals surface area contributed by atoms with Gasteiger partial charge in [-0.25, -0.2) is 13.8 Å². The molecule has 0 N–H and O–H groups in total. The standard InChI is InChI=1S/C35H34ClF2N3O5/c1-34(2,3)45-31(43)8-6-5-7-28-32(36)24-17-25(29(42)15-20(24)19-41(28)23-12-9-21(37)10-13-23)27-18-35(4,46-40-27)33-39-26-14-11-22(38)16-30(26)44-33/h9-14,16-17,19,25H,5-8,15,18H2,1-4H3. The van der Waals surface area contributed by atoms with Crippen LogP contribution in [0.25, 0.3) is 11.1 Å². The molecule has 0 radical (unpaired) electrons. The number of Topliss-reactive ketones (excluding diaryl/α,β-unsaturated/α-hetero) is 1. The van der Waals surface area contributed by atoms with Crippen molar-refractivity contribution in [2.24, 2.45) is 11.1 Å². The number of unbranched alkanes of at least 4 members (excludes halogenated alkanes) is 1. The van der Waals surface area contributed by atoms with E-state index in [4.69, 9.17) is 25.6 Å². The first-order chi connectivity index (χ1) is 21.8. The van der Waals surface area contributed by atoms with Crippen molar-refractivity contribution in [3.63, 3.8) is 0 Å². The number of oxime groups is 1. The minimum atomic E-state index is -1.08. The van der Waals surface area contributed by atoms with Gasteiger partial charge in [0.25, 0.3) is 0 Å². The molecule has 2 aromatic carbocycles. The fourth-order valence-electron chi connectivity index (χ4n) is 5.86. The summed E-state index contributed by atoms with van der Waals surface area (Å²) in [4.78, 5) is 38.0. The van der Waals surface area contributed by atoms with E-state index in [1.54, 1.807) is 19.1 Å². The minimum Gasteiger partial charge on any atom is -0.460 e. The number of allylic oxidation sites excluding steroid dienone is 5. The molecule has 0 bridgehead atoms. The lowest BCUT2D eigenvalue weighted by Gasteiger charge is -2.34. The van der Waals surface area contributed by atoms with Gasteiger partial charge in [0.1, 0.15) is 28.5 Å². The number of ketones is 1. The van der Waals surface area contributed by atoms with Crippen LogP contribution in [0.5, 0.6) is 0 Å². The fourth-order valence-corrected chi connectivity index (χ4v) is 6.23. The van der Waals surface area contributed by atoms with Gasteiger partial charge in [0, 0.05) is 42.9 Å². The highest BCUT2D eigenvalue weighted by atomic mass is 35.5. The van der Waals surface area contributed by atoms with E-state index in [1.807, 2.05) is 37.9 Å². The van der Waals surface area contributed by atoms with Gasteiger partial charge >= 0.3 is 5.97 Å². The van der Waals surface area contributed by atoms with E-state index in [2.05, 4.69) is 10.1 Å². The van der Waals surface area contributed by atoms with Crippen LogP contribution in [0.3, 0.4) is 0 Å². The van der Waals surface area contributed by atoms with Crippen molar-refractivity contribution in [2.75, 3.05) is 4.90 Å². The number of oxazole rings is 1. The number of fused-ring (bicyclic) bond motifs is 2. The molecule has 240 valence electrons. The molecular weight excluding hydrogens is 616 g/mol. The quantitative estimate of drug-likeness (QED) is 0.179. The largest absolute Gasteiger partial charge is 0.460 e. The molecule has 11 heteroatoms. The highest BCUT2D eigenvalue weighted by Crippen LogP contribution is 2.44. The van der Waals surface area contributed by atoms with Crippen LogP contribution in [-0.2, 0) is 24.8 Å². The fraction of sp³-hybridized carbons (Fsp3) is 0.371. The van der Waals surface area contributed by atoms with Crippen LogP contribution >= 0.6 is 11.6 Å². The molecule has 2 aliphatic heterocycles. The zero-order valence-corrected chi connectivity index (χ0v) is 26.8. The molecule has 0 fully saturated rings. The van der Waals surface area contributed by atoms with E-state index in [0.717, 1.165) is 16.8 Å². The predicted octanol–water partition coefficient (Wildman–Crippen LogP) is 8.37. The summed E-state index contributed by atoms with van der Waals surface area (Å²) in [5.41, 5.74) is 2.59. The molecule has 2 atom stereocenters. The average Bonchev–Trinajstić information content (AvgIpc) is 3.60. The van der Waals surface area contributed by atoms with Gasteiger partial charge in [0.15, 0.2) is 5.58 Å². The smallest absolute Gasteiger partial charge is 0.306 e. The lowest BCUT2D eigenvalue weighted by atomic mass is 9.79. The van der Waals surface area contributed by atoms with Gasteiger partial charge in [-0.1, -0.05) is 22.8 Å². The summed E-state index contributed by atoms with van der Waals surface area (Å²) in [6.07, 6.45) is 6.07. The van der Waals surface area contributed by atoms with Gasteiger partial charge in [-0.05, 0) is 94.5 Å². The van der Waals surface area contributed by atoms with E-state index in [1.165, 1.54) is 30.3 Å². The molecule has 0 saturated carbocycles. The molecule has 0 spiro atoms. The minimum absolute atomic E-state index is 0.0782. The Morgan fingerprint density at radius 2 is 1.87 bits per heavy atom. The maximum atomic E-state index is 13.8. The maximum absolute atomic E-state index is 13.8. The predicted molar refractivity (Wildman–Crippen MR) is 170 cm³/mol. The number of anilines is 1. The number of hydrogen-bond donors (Lipinski definition) is 0. The number of ether oxygens (including phenoxy) is 1. The van der Waals surface area contributed by atoms with Crippen LogP contribution in [0.15, 0.2) is 86.2 Å². The van der Waals surface area contributed by atoms with Gasteiger partial charge in [-0.2, -0.15) is 0 Å². The van der Waals surface area contributed by atoms with Crippen molar-refractivity contribution in [2.45, 2.75) is 77.4 Å². The highest BCUT2D eigenvalue weighted by Gasteiger charge is 2.45. The Morgan fingerprint density at radius 1 is 1.13 bits per heavy atom. The average molecular weight is 650 g/mol. The third-order valence-corrected chi connectivity index (χ3v) is 8.49. The van der Waals surface area contributed by atoms with Gasteiger partial charge in [0.05, 0.1) is 16.7 Å². The van der Waals surface area contributed by atoms with Crippen molar-refractivity contribution in [3.8, 4) is 0 Å². The number of halogens is 3. The van der Waals surface area contributed by atoms with Crippen molar-refractivity contribution in [1.82, 2.24) is 4.98 Å². The molecule has 1 aromatic heterocycles. The van der Waals surface area contributed by atoms with Crippen LogP contribution < -0.4 is 4.90 Å². The molecular formula is C35H34ClF2N3O5. The molecule has 2 unspecified atom stereocenters. The van der Waals surface area contributed by atoms with Crippen LogP contribution in [0.1, 0.15) is 72.1 Å². The normalized spacial score (nSPS) is 21.5. The van der Waals surface area contributed by atoms with E-state index < -0.39 is 22.9 Å². The summed E-state index contributed by atoms with van der Waals surface area (Å²) in [5, 5.41) is 4.76. The Morgan fingerprint density at radius 3 is 2.61 bits per heavy atom. The number of benzene rings is 2. The summed E-state index contributed by atoms with van der Waals surface area (Å²) >= 11 is 7.12. The molecule has 1 aliphatic carbocycles. The zero-order chi connectivity index (χ0) is 32.8. The summed E-state index contributed by atoms with van der Waals surface area (Å²) < 4.78 is 38.8. The van der Waals surface area contributed by atoms with Crippen LogP contribution in [-0.4, -0.2) is 28.0 Å². The lowest BCUT2D eigenvalue weighted by Crippen LogP contribution is -2.32. The van der Waals surface area contributed by atoms with Crippen LogP contribution in [0.4, 0.5) is 14.5 Å². The molecule has 3 aromatic rings. The van der Waals surface area contributed by atoms with E-state index in [-0.39, 0.29) is 42.7 Å². The Labute approximate surface area is 270 Å². The first kappa shape index (κ1) is 31.7. The number of carbonyl (C=O) groups excluding carboxylic acids is 2. The maximum Gasteiger partial charge on any atom is 0.306 e. The van der Waals surface area contributed by atoms with Gasteiger partial charge < -0.3 is 18.9 Å². The molecule has 46 heavy (non-hydrogen) atoms. The number of esters is 1. The number of nitrogens with zero attached hydrogens (tertiary/aromatic N) is 3. The van der Waals surface area contributed by atoms with Crippen molar-refractivity contribution >= 4 is 45.9 Å². The molecule has 3 heterocycles. The topological polar surface area (TPSA) is 94.2 Å². The van der Waals surface area contributed by atoms with Crippen molar-refractivity contribution < 1.29 is 32.4 Å². The zero-order valence-electron chi connectivity index (χ0n) is 26.0. The van der Waals surface area contributed by atoms with E-state index >= 15 is 0 Å². The SMILES string of the molecule is CC(C)(C)OC(=O)CCCCC1=C(Cl)C2=CC(C3=NOC(C)(c4nc5ccc(F)cc5o4)C3)C(=O)CC2=CN1c1ccc(F)cc1. The van der Waals surface area contributed by atoms with Crippen molar-refractivity contribution in [1.29, 1.82) is 0 Å². The monoisotopic (exact) mass is 649 g/mol. The molecule has 0 saturated heterocycles. The Bertz CT molecular complexity index is 1840. The Balaban J connectivity index is 1.25. The van der Waals surface area contributed by atoms with Gasteiger partial charge in [-0.3, -0.25) is 9.59 Å². The second-order valence-electron chi connectivity index (χ2n) is 13.0. The Hall–Kier alpha value is -4.31. The second kappa shape index (κ2) is 12.1.